The lowest BCUT2D eigenvalue weighted by Gasteiger charge is -2.27. The molecule has 1 aliphatic rings. The summed E-state index contributed by atoms with van der Waals surface area (Å²) in [6, 6.07) is 24.1. The van der Waals surface area contributed by atoms with Gasteiger partial charge in [-0.3, -0.25) is 9.59 Å². The predicted molar refractivity (Wildman–Crippen MR) is 121 cm³/mol. The number of benzene rings is 3. The SMILES string of the molecule is O=C(Nc1ccccc1C(=O)N1CCCCC1)c1ccc(OCc2ccccc2)cc1. The average molecular weight is 415 g/mol. The summed E-state index contributed by atoms with van der Waals surface area (Å²) in [6.07, 6.45) is 3.21. The molecule has 5 nitrogen and oxygen atoms in total. The van der Waals surface area contributed by atoms with Crippen LogP contribution in [0.3, 0.4) is 0 Å². The minimum absolute atomic E-state index is 0.0275. The Balaban J connectivity index is 1.41. The van der Waals surface area contributed by atoms with E-state index < -0.39 is 0 Å². The van der Waals surface area contributed by atoms with Gasteiger partial charge in [0.2, 0.25) is 0 Å². The number of anilines is 1. The minimum Gasteiger partial charge on any atom is -0.489 e. The molecule has 2 amide bonds. The Kier molecular flexibility index (Phi) is 6.62. The lowest BCUT2D eigenvalue weighted by atomic mass is 10.1. The van der Waals surface area contributed by atoms with Crippen LogP contribution in [0.15, 0.2) is 78.9 Å². The number of carbonyl (C=O) groups excluding carboxylic acids is 2. The van der Waals surface area contributed by atoms with Crippen molar-refractivity contribution in [3.63, 3.8) is 0 Å². The van der Waals surface area contributed by atoms with Gasteiger partial charge >= 0.3 is 0 Å². The molecule has 3 aromatic rings. The van der Waals surface area contributed by atoms with Gasteiger partial charge in [0, 0.05) is 18.7 Å². The molecule has 4 rings (SSSR count). The smallest absolute Gasteiger partial charge is 0.255 e. The third-order valence-corrected chi connectivity index (χ3v) is 5.41. The highest BCUT2D eigenvalue weighted by Crippen LogP contribution is 2.21. The van der Waals surface area contributed by atoms with E-state index in [0.717, 1.165) is 37.9 Å². The molecule has 1 saturated heterocycles. The molecule has 5 heteroatoms. The van der Waals surface area contributed by atoms with Crippen molar-refractivity contribution in [3.05, 3.63) is 95.6 Å². The Hall–Kier alpha value is -3.60. The zero-order valence-electron chi connectivity index (χ0n) is 17.4. The summed E-state index contributed by atoms with van der Waals surface area (Å²) >= 11 is 0. The second kappa shape index (κ2) is 9.94. The number of nitrogens with one attached hydrogen (secondary N) is 1. The van der Waals surface area contributed by atoms with Gasteiger partial charge in [0.15, 0.2) is 0 Å². The van der Waals surface area contributed by atoms with Gasteiger partial charge in [0.05, 0.1) is 11.3 Å². The second-order valence-electron chi connectivity index (χ2n) is 7.65. The van der Waals surface area contributed by atoms with E-state index in [0.29, 0.717) is 29.2 Å². The molecule has 158 valence electrons. The first-order valence-electron chi connectivity index (χ1n) is 10.7. The maximum atomic E-state index is 12.9. The number of likely N-dealkylation sites (tertiary alicyclic amines) is 1. The van der Waals surface area contributed by atoms with Gasteiger partial charge < -0.3 is 15.0 Å². The quantitative estimate of drug-likeness (QED) is 0.607. The molecule has 0 spiro atoms. The van der Waals surface area contributed by atoms with Crippen LogP contribution in [0, 0.1) is 0 Å². The van der Waals surface area contributed by atoms with Crippen LogP contribution < -0.4 is 10.1 Å². The van der Waals surface area contributed by atoms with E-state index >= 15 is 0 Å². The molecular formula is C26H26N2O3. The molecule has 0 bridgehead atoms. The Morgan fingerprint density at radius 3 is 2.23 bits per heavy atom. The summed E-state index contributed by atoms with van der Waals surface area (Å²) in [5, 5.41) is 2.90. The number of para-hydroxylation sites is 1. The van der Waals surface area contributed by atoms with Crippen LogP contribution in [-0.2, 0) is 6.61 Å². The summed E-state index contributed by atoms with van der Waals surface area (Å²) in [6.45, 7) is 2.01. The maximum Gasteiger partial charge on any atom is 0.255 e. The first-order chi connectivity index (χ1) is 15.2. The first-order valence-corrected chi connectivity index (χ1v) is 10.7. The largest absolute Gasteiger partial charge is 0.489 e. The third-order valence-electron chi connectivity index (χ3n) is 5.41. The van der Waals surface area contributed by atoms with Crippen molar-refractivity contribution in [1.29, 1.82) is 0 Å². The topological polar surface area (TPSA) is 58.6 Å². The van der Waals surface area contributed by atoms with Gasteiger partial charge in [-0.15, -0.1) is 0 Å². The van der Waals surface area contributed by atoms with Crippen molar-refractivity contribution in [1.82, 2.24) is 4.90 Å². The van der Waals surface area contributed by atoms with Gasteiger partial charge in [-0.25, -0.2) is 0 Å². The normalized spacial score (nSPS) is 13.5. The van der Waals surface area contributed by atoms with E-state index in [2.05, 4.69) is 5.32 Å². The van der Waals surface area contributed by atoms with Gasteiger partial charge in [-0.1, -0.05) is 42.5 Å². The van der Waals surface area contributed by atoms with Crippen molar-refractivity contribution in [2.24, 2.45) is 0 Å². The number of rotatable bonds is 6. The van der Waals surface area contributed by atoms with Crippen LogP contribution >= 0.6 is 0 Å². The Morgan fingerprint density at radius 2 is 1.48 bits per heavy atom. The molecule has 1 aliphatic heterocycles. The number of ether oxygens (including phenoxy) is 1. The summed E-state index contributed by atoms with van der Waals surface area (Å²) < 4.78 is 5.78. The number of hydrogen-bond acceptors (Lipinski definition) is 3. The van der Waals surface area contributed by atoms with Crippen molar-refractivity contribution in [3.8, 4) is 5.75 Å². The highest BCUT2D eigenvalue weighted by atomic mass is 16.5. The molecule has 1 fully saturated rings. The number of carbonyl (C=O) groups is 2. The number of piperidine rings is 1. The molecule has 0 aromatic heterocycles. The monoisotopic (exact) mass is 414 g/mol. The molecule has 0 atom stereocenters. The van der Waals surface area contributed by atoms with Crippen molar-refractivity contribution in [2.45, 2.75) is 25.9 Å². The van der Waals surface area contributed by atoms with E-state index in [-0.39, 0.29) is 11.8 Å². The van der Waals surface area contributed by atoms with Crippen LogP contribution in [0.2, 0.25) is 0 Å². The maximum absolute atomic E-state index is 12.9. The Labute approximate surface area is 182 Å². The van der Waals surface area contributed by atoms with Crippen LogP contribution in [0.5, 0.6) is 5.75 Å². The Bertz CT molecular complexity index is 1030. The number of nitrogens with zero attached hydrogens (tertiary/aromatic N) is 1. The van der Waals surface area contributed by atoms with Crippen LogP contribution in [0.25, 0.3) is 0 Å². The standard InChI is InChI=1S/C26H26N2O3/c29-25(21-13-15-22(16-14-21)31-19-20-9-3-1-4-10-20)27-24-12-6-5-11-23(24)26(30)28-17-7-2-8-18-28/h1,3-6,9-16H,2,7-8,17-19H2,(H,27,29). The van der Waals surface area contributed by atoms with E-state index in [4.69, 9.17) is 4.74 Å². The highest BCUT2D eigenvalue weighted by Gasteiger charge is 2.21. The second-order valence-corrected chi connectivity index (χ2v) is 7.65. The van der Waals surface area contributed by atoms with Crippen LogP contribution in [0.4, 0.5) is 5.69 Å². The van der Waals surface area contributed by atoms with Gasteiger partial charge in [-0.05, 0) is 61.2 Å². The molecule has 3 aromatic carbocycles. The van der Waals surface area contributed by atoms with E-state index in [9.17, 15) is 9.59 Å². The average Bonchev–Trinajstić information content (AvgIpc) is 2.84. The van der Waals surface area contributed by atoms with Gasteiger partial charge in [0.25, 0.3) is 11.8 Å². The summed E-state index contributed by atoms with van der Waals surface area (Å²) in [4.78, 5) is 27.6. The minimum atomic E-state index is -0.256. The zero-order chi connectivity index (χ0) is 21.5. The molecule has 0 aliphatic carbocycles. The highest BCUT2D eigenvalue weighted by molar-refractivity contribution is 6.09. The fourth-order valence-corrected chi connectivity index (χ4v) is 3.68. The molecule has 1 N–H and O–H groups in total. The van der Waals surface area contributed by atoms with Gasteiger partial charge in [0.1, 0.15) is 12.4 Å². The van der Waals surface area contributed by atoms with Crippen molar-refractivity contribution < 1.29 is 14.3 Å². The zero-order valence-corrected chi connectivity index (χ0v) is 17.4. The molecule has 1 heterocycles. The molecule has 0 unspecified atom stereocenters. The summed E-state index contributed by atoms with van der Waals surface area (Å²) in [5.74, 6) is 0.412. The van der Waals surface area contributed by atoms with E-state index in [1.54, 1.807) is 36.4 Å². The van der Waals surface area contributed by atoms with E-state index in [1.807, 2.05) is 47.4 Å². The first kappa shape index (κ1) is 20.7. The summed E-state index contributed by atoms with van der Waals surface area (Å²) in [5.41, 5.74) is 2.65. The third kappa shape index (κ3) is 5.31. The van der Waals surface area contributed by atoms with E-state index in [1.165, 1.54) is 0 Å². The number of amides is 2. The molecule has 0 radical (unpaired) electrons. The Morgan fingerprint density at radius 1 is 0.806 bits per heavy atom. The van der Waals surface area contributed by atoms with Crippen molar-refractivity contribution >= 4 is 17.5 Å². The van der Waals surface area contributed by atoms with Crippen LogP contribution in [0.1, 0.15) is 45.5 Å². The summed E-state index contributed by atoms with van der Waals surface area (Å²) in [7, 11) is 0. The molecule has 0 saturated carbocycles. The molecular weight excluding hydrogens is 388 g/mol. The van der Waals surface area contributed by atoms with Crippen molar-refractivity contribution in [2.75, 3.05) is 18.4 Å². The fraction of sp³-hybridized carbons (Fsp3) is 0.231. The van der Waals surface area contributed by atoms with Crippen LogP contribution in [-0.4, -0.2) is 29.8 Å². The molecule has 31 heavy (non-hydrogen) atoms. The lowest BCUT2D eigenvalue weighted by Crippen LogP contribution is -2.36. The number of hydrogen-bond donors (Lipinski definition) is 1. The lowest BCUT2D eigenvalue weighted by molar-refractivity contribution is 0.0725. The predicted octanol–water partition coefficient (Wildman–Crippen LogP) is 5.14. The fourth-order valence-electron chi connectivity index (χ4n) is 3.68. The van der Waals surface area contributed by atoms with Gasteiger partial charge in [-0.2, -0.15) is 0 Å².